The predicted octanol–water partition coefficient (Wildman–Crippen LogP) is 2.23. The minimum Gasteiger partial charge on any atom is -0.497 e. The van der Waals surface area contributed by atoms with Gasteiger partial charge in [-0.15, -0.1) is 0 Å². The van der Waals surface area contributed by atoms with E-state index in [0.29, 0.717) is 22.9 Å². The lowest BCUT2D eigenvalue weighted by molar-refractivity contribution is -0.118. The number of carbonyl (C=O) groups excluding carboxylic acids is 2. The molecule has 160 valence electrons. The number of methoxy groups -OCH3 is 2. The van der Waals surface area contributed by atoms with Crippen molar-refractivity contribution in [1.82, 2.24) is 0 Å². The van der Waals surface area contributed by atoms with Gasteiger partial charge in [0.1, 0.15) is 17.2 Å². The molecule has 0 saturated heterocycles. The summed E-state index contributed by atoms with van der Waals surface area (Å²) < 4.78 is 41.4. The molecule has 2 aromatic carbocycles. The molecule has 0 spiro atoms. The predicted molar refractivity (Wildman–Crippen MR) is 110 cm³/mol. The number of amides is 2. The van der Waals surface area contributed by atoms with Crippen molar-refractivity contribution in [2.24, 2.45) is 0 Å². The Morgan fingerprint density at radius 3 is 2.47 bits per heavy atom. The Labute approximate surface area is 174 Å². The van der Waals surface area contributed by atoms with E-state index < -0.39 is 21.0 Å². The number of carbonyl (C=O) groups is 2. The molecule has 0 bridgehead atoms. The maximum Gasteiger partial charge on any atom is 0.262 e. The van der Waals surface area contributed by atoms with Gasteiger partial charge in [0.2, 0.25) is 5.91 Å². The van der Waals surface area contributed by atoms with Gasteiger partial charge in [0.05, 0.1) is 30.1 Å². The molecular formula is C20H22N2O7S. The van der Waals surface area contributed by atoms with Crippen LogP contribution in [0.2, 0.25) is 0 Å². The van der Waals surface area contributed by atoms with Gasteiger partial charge in [0, 0.05) is 30.3 Å². The van der Waals surface area contributed by atoms with Crippen molar-refractivity contribution >= 4 is 33.0 Å². The van der Waals surface area contributed by atoms with E-state index in [9.17, 15) is 18.0 Å². The van der Waals surface area contributed by atoms with Crippen LogP contribution in [0.25, 0.3) is 0 Å². The molecule has 0 aliphatic carbocycles. The Morgan fingerprint density at radius 1 is 1.17 bits per heavy atom. The zero-order chi connectivity index (χ0) is 21.9. The largest absolute Gasteiger partial charge is 0.497 e. The van der Waals surface area contributed by atoms with Crippen molar-refractivity contribution in [3.05, 3.63) is 36.4 Å². The van der Waals surface area contributed by atoms with Crippen molar-refractivity contribution in [2.45, 2.75) is 23.5 Å². The van der Waals surface area contributed by atoms with Gasteiger partial charge in [-0.25, -0.2) is 8.42 Å². The molecule has 0 fully saturated rings. The van der Waals surface area contributed by atoms with E-state index in [4.69, 9.17) is 14.2 Å². The summed E-state index contributed by atoms with van der Waals surface area (Å²) in [5, 5.41) is 4.24. The van der Waals surface area contributed by atoms with E-state index in [-0.39, 0.29) is 29.5 Å². The van der Waals surface area contributed by atoms with E-state index in [1.165, 1.54) is 39.3 Å². The number of rotatable bonds is 7. The highest BCUT2D eigenvalue weighted by Crippen LogP contribution is 2.32. The van der Waals surface area contributed by atoms with Crippen molar-refractivity contribution in [1.29, 1.82) is 0 Å². The summed E-state index contributed by atoms with van der Waals surface area (Å²) in [6.07, 6.45) is -0.262. The first-order chi connectivity index (χ1) is 14.2. The highest BCUT2D eigenvalue weighted by Gasteiger charge is 2.28. The van der Waals surface area contributed by atoms with Crippen molar-refractivity contribution in [3.63, 3.8) is 0 Å². The van der Waals surface area contributed by atoms with Gasteiger partial charge in [-0.2, -0.15) is 0 Å². The Bertz CT molecular complexity index is 1060. The smallest absolute Gasteiger partial charge is 0.262 e. The van der Waals surface area contributed by atoms with Gasteiger partial charge in [0.25, 0.3) is 5.91 Å². The number of anilines is 2. The van der Waals surface area contributed by atoms with Crippen LogP contribution >= 0.6 is 0 Å². The monoisotopic (exact) mass is 434 g/mol. The number of hydrogen-bond acceptors (Lipinski definition) is 7. The average Bonchev–Trinajstić information content (AvgIpc) is 2.72. The fourth-order valence-electron chi connectivity index (χ4n) is 2.93. The molecule has 3 rings (SSSR count). The van der Waals surface area contributed by atoms with Crippen molar-refractivity contribution in [3.8, 4) is 17.2 Å². The summed E-state index contributed by atoms with van der Waals surface area (Å²) in [5.74, 6) is 0.535. The first kappa shape index (κ1) is 21.4. The molecule has 9 nitrogen and oxygen atoms in total. The average molecular weight is 434 g/mol. The number of sulfone groups is 1. The standard InChI is InChI=1S/C20H22N2O7S/c1-12(6-19(23)21-13-7-14(27-2)9-15(8-13)28-3)30(25,26)16-4-5-18-17(10-16)22-20(24)11-29-18/h4-5,7-10,12H,6,11H2,1-3H3,(H,21,23)(H,22,24)/t12-/m0/s1. The number of ether oxygens (including phenoxy) is 3. The third-order valence-electron chi connectivity index (χ3n) is 4.55. The van der Waals surface area contributed by atoms with Gasteiger partial charge in [0.15, 0.2) is 16.4 Å². The van der Waals surface area contributed by atoms with Crippen LogP contribution in [-0.4, -0.2) is 46.3 Å². The Kier molecular flexibility index (Phi) is 6.16. The Morgan fingerprint density at radius 2 is 1.83 bits per heavy atom. The zero-order valence-electron chi connectivity index (χ0n) is 16.7. The second-order valence-electron chi connectivity index (χ2n) is 6.70. The van der Waals surface area contributed by atoms with Crippen LogP contribution in [0.3, 0.4) is 0 Å². The third kappa shape index (κ3) is 4.65. The highest BCUT2D eigenvalue weighted by atomic mass is 32.2. The van der Waals surface area contributed by atoms with E-state index in [2.05, 4.69) is 10.6 Å². The lowest BCUT2D eigenvalue weighted by Crippen LogP contribution is -2.27. The van der Waals surface area contributed by atoms with Gasteiger partial charge in [-0.05, 0) is 25.1 Å². The molecule has 1 heterocycles. The van der Waals surface area contributed by atoms with Crippen LogP contribution in [0.5, 0.6) is 17.2 Å². The summed E-state index contributed by atoms with van der Waals surface area (Å²) >= 11 is 0. The number of hydrogen-bond donors (Lipinski definition) is 2. The van der Waals surface area contributed by atoms with E-state index in [1.807, 2.05) is 0 Å². The number of fused-ring (bicyclic) bond motifs is 1. The molecule has 10 heteroatoms. The molecule has 1 aliphatic heterocycles. The van der Waals surface area contributed by atoms with E-state index in [1.54, 1.807) is 18.2 Å². The molecule has 30 heavy (non-hydrogen) atoms. The Hall–Kier alpha value is -3.27. The molecule has 2 N–H and O–H groups in total. The quantitative estimate of drug-likeness (QED) is 0.686. The van der Waals surface area contributed by atoms with Crippen LogP contribution in [0.1, 0.15) is 13.3 Å². The molecular weight excluding hydrogens is 412 g/mol. The van der Waals surface area contributed by atoms with Crippen LogP contribution in [0.4, 0.5) is 11.4 Å². The maximum atomic E-state index is 12.9. The Balaban J connectivity index is 1.73. The minimum atomic E-state index is -3.82. The molecule has 0 unspecified atom stereocenters. The van der Waals surface area contributed by atoms with Crippen LogP contribution < -0.4 is 24.8 Å². The molecule has 1 atom stereocenters. The summed E-state index contributed by atoms with van der Waals surface area (Å²) in [7, 11) is -0.846. The second kappa shape index (κ2) is 8.62. The second-order valence-corrected chi connectivity index (χ2v) is 9.07. The van der Waals surface area contributed by atoms with Crippen LogP contribution in [0, 0.1) is 0 Å². The van der Waals surface area contributed by atoms with Crippen LogP contribution in [-0.2, 0) is 19.4 Å². The summed E-state index contributed by atoms with van der Waals surface area (Å²) in [6, 6.07) is 9.08. The molecule has 1 aliphatic rings. The number of nitrogens with one attached hydrogen (secondary N) is 2. The maximum absolute atomic E-state index is 12.9. The van der Waals surface area contributed by atoms with Gasteiger partial charge < -0.3 is 24.8 Å². The van der Waals surface area contributed by atoms with Crippen LogP contribution in [0.15, 0.2) is 41.3 Å². The fraction of sp³-hybridized carbons (Fsp3) is 0.300. The lowest BCUT2D eigenvalue weighted by Gasteiger charge is -2.19. The molecule has 0 aromatic heterocycles. The third-order valence-corrected chi connectivity index (χ3v) is 6.69. The molecule has 0 radical (unpaired) electrons. The van der Waals surface area contributed by atoms with Crippen molar-refractivity contribution < 1.29 is 32.2 Å². The van der Waals surface area contributed by atoms with Gasteiger partial charge in [-0.3, -0.25) is 9.59 Å². The normalized spacial score (nSPS) is 14.0. The summed E-state index contributed by atoms with van der Waals surface area (Å²) in [5.41, 5.74) is 0.710. The van der Waals surface area contributed by atoms with Crippen molar-refractivity contribution in [2.75, 3.05) is 31.5 Å². The van der Waals surface area contributed by atoms with E-state index >= 15 is 0 Å². The first-order valence-corrected chi connectivity index (χ1v) is 10.6. The zero-order valence-corrected chi connectivity index (χ0v) is 17.5. The highest BCUT2D eigenvalue weighted by molar-refractivity contribution is 7.92. The summed E-state index contributed by atoms with van der Waals surface area (Å²) in [6.45, 7) is 1.33. The SMILES string of the molecule is COc1cc(NC(=O)C[C@H](C)S(=O)(=O)c2ccc3c(c2)NC(=O)CO3)cc(OC)c1. The topological polar surface area (TPSA) is 120 Å². The molecule has 2 aromatic rings. The molecule has 0 saturated carbocycles. The first-order valence-electron chi connectivity index (χ1n) is 9.06. The summed E-state index contributed by atoms with van der Waals surface area (Å²) in [4.78, 5) is 23.9. The van der Waals surface area contributed by atoms with Gasteiger partial charge >= 0.3 is 0 Å². The minimum absolute atomic E-state index is 0.00426. The van der Waals surface area contributed by atoms with E-state index in [0.717, 1.165) is 0 Å². The number of benzene rings is 2. The lowest BCUT2D eigenvalue weighted by atomic mass is 10.2. The molecule has 2 amide bonds. The van der Waals surface area contributed by atoms with Gasteiger partial charge in [-0.1, -0.05) is 0 Å². The fourth-order valence-corrected chi connectivity index (χ4v) is 4.31.